The minimum atomic E-state index is -0.391. The number of allylic oxidation sites excluding steroid dienone is 4. The highest BCUT2D eigenvalue weighted by molar-refractivity contribution is 6.02. The lowest BCUT2D eigenvalue weighted by Crippen LogP contribution is -2.62. The molecule has 32 heavy (non-hydrogen) atoms. The Morgan fingerprint density at radius 1 is 1.00 bits per heavy atom. The molecule has 0 spiro atoms. The van der Waals surface area contributed by atoms with Crippen molar-refractivity contribution < 1.29 is 9.59 Å². The fourth-order valence-electron chi connectivity index (χ4n) is 9.36. The van der Waals surface area contributed by atoms with Gasteiger partial charge in [-0.2, -0.15) is 5.26 Å². The third kappa shape index (κ3) is 2.65. The van der Waals surface area contributed by atoms with E-state index in [-0.39, 0.29) is 34.4 Å². The molecule has 5 rings (SSSR count). The summed E-state index contributed by atoms with van der Waals surface area (Å²) in [6.07, 6.45) is 12.0. The van der Waals surface area contributed by atoms with Crippen LogP contribution in [-0.2, 0) is 9.59 Å². The number of fused-ring (bicyclic) bond motifs is 7. The Labute approximate surface area is 193 Å². The lowest BCUT2D eigenvalue weighted by atomic mass is 9.36. The van der Waals surface area contributed by atoms with Gasteiger partial charge >= 0.3 is 0 Å². The number of nitriles is 1. The van der Waals surface area contributed by atoms with Crippen molar-refractivity contribution in [3.63, 3.8) is 0 Å². The summed E-state index contributed by atoms with van der Waals surface area (Å²) in [6, 6.07) is 2.17. The summed E-state index contributed by atoms with van der Waals surface area (Å²) in [5, 5.41) is 9.69. The van der Waals surface area contributed by atoms with Gasteiger partial charge in [0, 0.05) is 17.3 Å². The molecule has 3 heteroatoms. The molecule has 5 aliphatic carbocycles. The molecule has 0 aromatic rings. The van der Waals surface area contributed by atoms with E-state index in [9.17, 15) is 14.9 Å². The van der Waals surface area contributed by atoms with Crippen LogP contribution < -0.4 is 0 Å². The minimum Gasteiger partial charge on any atom is -0.295 e. The standard InChI is InChI=1S/C29H39NO2/c1-17-21-9-12-28(5)23(27(21,4)14-19(16-30)25(17)32)13-22(31)24-20-15-26(2,3)10-7-18(20)8-11-29(24,28)6/h13-14,17-18,20-21,24H,7-12,15H2,1-6H3/t17-,18?,20-,21-,24?,27-,28+,29+/m0/s1. The van der Waals surface area contributed by atoms with Gasteiger partial charge in [0.1, 0.15) is 6.07 Å². The van der Waals surface area contributed by atoms with Crippen LogP contribution in [0.25, 0.3) is 0 Å². The normalized spacial score (nSPS) is 49.5. The lowest BCUT2D eigenvalue weighted by molar-refractivity contribution is -0.153. The number of Topliss-reactive ketones (excluding diaryl/α,β-unsaturated/α-hetero) is 1. The first-order valence-electron chi connectivity index (χ1n) is 12.8. The molecule has 0 bridgehead atoms. The summed E-state index contributed by atoms with van der Waals surface area (Å²) < 4.78 is 0. The average Bonchev–Trinajstić information content (AvgIpc) is 2.72. The van der Waals surface area contributed by atoms with Gasteiger partial charge in [-0.25, -0.2) is 0 Å². The van der Waals surface area contributed by atoms with Gasteiger partial charge in [0.15, 0.2) is 11.6 Å². The fraction of sp³-hybridized carbons (Fsp3) is 0.759. The molecule has 8 atom stereocenters. The molecular formula is C29H39NO2. The van der Waals surface area contributed by atoms with Crippen molar-refractivity contribution in [2.45, 2.75) is 86.5 Å². The van der Waals surface area contributed by atoms with Crippen molar-refractivity contribution in [2.24, 2.45) is 51.2 Å². The van der Waals surface area contributed by atoms with E-state index in [4.69, 9.17) is 0 Å². The molecule has 0 N–H and O–H groups in total. The number of nitrogens with zero attached hydrogens (tertiary/aromatic N) is 1. The number of carbonyl (C=O) groups excluding carboxylic acids is 2. The van der Waals surface area contributed by atoms with Crippen LogP contribution in [0.2, 0.25) is 0 Å². The summed E-state index contributed by atoms with van der Waals surface area (Å²) in [6.45, 7) is 13.8. The third-order valence-corrected chi connectivity index (χ3v) is 11.3. The molecule has 5 aliphatic rings. The fourth-order valence-corrected chi connectivity index (χ4v) is 9.36. The largest absolute Gasteiger partial charge is 0.295 e. The van der Waals surface area contributed by atoms with Crippen LogP contribution in [0.1, 0.15) is 86.5 Å². The topological polar surface area (TPSA) is 57.9 Å². The van der Waals surface area contributed by atoms with Crippen LogP contribution in [0.5, 0.6) is 0 Å². The molecule has 3 fully saturated rings. The second-order valence-electron chi connectivity index (χ2n) is 13.3. The zero-order valence-corrected chi connectivity index (χ0v) is 20.8. The maximum atomic E-state index is 14.0. The first-order valence-corrected chi connectivity index (χ1v) is 12.8. The van der Waals surface area contributed by atoms with E-state index in [1.165, 1.54) is 24.8 Å². The van der Waals surface area contributed by atoms with E-state index < -0.39 is 5.41 Å². The number of hydrogen-bond acceptors (Lipinski definition) is 3. The van der Waals surface area contributed by atoms with E-state index in [0.29, 0.717) is 28.6 Å². The van der Waals surface area contributed by atoms with Crippen LogP contribution in [0.3, 0.4) is 0 Å². The van der Waals surface area contributed by atoms with Gasteiger partial charge in [-0.3, -0.25) is 9.59 Å². The molecule has 0 saturated heterocycles. The molecule has 3 saturated carbocycles. The average molecular weight is 434 g/mol. The smallest absolute Gasteiger partial charge is 0.176 e. The van der Waals surface area contributed by atoms with Gasteiger partial charge in [0.25, 0.3) is 0 Å². The summed E-state index contributed by atoms with van der Waals surface area (Å²) in [5.41, 5.74) is 1.31. The van der Waals surface area contributed by atoms with Gasteiger partial charge in [-0.15, -0.1) is 0 Å². The van der Waals surface area contributed by atoms with Crippen LogP contribution >= 0.6 is 0 Å². The Morgan fingerprint density at radius 2 is 1.69 bits per heavy atom. The molecule has 0 heterocycles. The van der Waals surface area contributed by atoms with Crippen molar-refractivity contribution in [2.75, 3.05) is 0 Å². The summed E-state index contributed by atoms with van der Waals surface area (Å²) >= 11 is 0. The van der Waals surface area contributed by atoms with Gasteiger partial charge in [0.2, 0.25) is 0 Å². The van der Waals surface area contributed by atoms with E-state index in [2.05, 4.69) is 40.7 Å². The highest BCUT2D eigenvalue weighted by Gasteiger charge is 2.66. The zero-order valence-electron chi connectivity index (χ0n) is 20.8. The Hall–Kier alpha value is -1.69. The second kappa shape index (κ2) is 6.68. The van der Waals surface area contributed by atoms with Crippen LogP contribution in [-0.4, -0.2) is 11.6 Å². The SMILES string of the molecule is C[C@@H]1C(=O)C(C#N)=C[C@]2(C)C3=CC(=O)C4[C@H]5CC(C)(C)CCC5CC[C@@]4(C)[C@]3(C)CC[C@@H]12. The second-order valence-corrected chi connectivity index (χ2v) is 13.3. The number of ketones is 2. The van der Waals surface area contributed by atoms with Crippen molar-refractivity contribution in [3.05, 3.63) is 23.3 Å². The molecule has 2 unspecified atom stereocenters. The number of carbonyl (C=O) groups is 2. The van der Waals surface area contributed by atoms with Crippen LogP contribution in [0.15, 0.2) is 23.3 Å². The molecule has 0 aromatic carbocycles. The highest BCUT2D eigenvalue weighted by atomic mass is 16.1. The Kier molecular flexibility index (Phi) is 4.62. The van der Waals surface area contributed by atoms with E-state index in [0.717, 1.165) is 25.7 Å². The number of hydrogen-bond donors (Lipinski definition) is 0. The van der Waals surface area contributed by atoms with E-state index >= 15 is 0 Å². The zero-order chi connectivity index (χ0) is 23.3. The monoisotopic (exact) mass is 433 g/mol. The third-order valence-electron chi connectivity index (χ3n) is 11.3. The molecular weight excluding hydrogens is 394 g/mol. The van der Waals surface area contributed by atoms with Crippen LogP contribution in [0.4, 0.5) is 0 Å². The van der Waals surface area contributed by atoms with Gasteiger partial charge in [0.05, 0.1) is 5.57 Å². The van der Waals surface area contributed by atoms with Crippen molar-refractivity contribution in [3.8, 4) is 6.07 Å². The molecule has 0 radical (unpaired) electrons. The van der Waals surface area contributed by atoms with Crippen molar-refractivity contribution in [1.29, 1.82) is 5.26 Å². The molecule has 0 amide bonds. The predicted molar refractivity (Wildman–Crippen MR) is 125 cm³/mol. The van der Waals surface area contributed by atoms with Crippen molar-refractivity contribution in [1.82, 2.24) is 0 Å². The Balaban J connectivity index is 1.66. The van der Waals surface area contributed by atoms with E-state index in [1.54, 1.807) is 0 Å². The van der Waals surface area contributed by atoms with Gasteiger partial charge in [-0.05, 0) is 85.0 Å². The molecule has 3 nitrogen and oxygen atoms in total. The molecule has 0 aliphatic heterocycles. The van der Waals surface area contributed by atoms with Crippen molar-refractivity contribution >= 4 is 11.6 Å². The maximum absolute atomic E-state index is 14.0. The Morgan fingerprint density at radius 3 is 2.38 bits per heavy atom. The first-order chi connectivity index (χ1) is 14.9. The summed E-state index contributed by atoms with van der Waals surface area (Å²) in [5.74, 6) is 1.60. The number of rotatable bonds is 0. The van der Waals surface area contributed by atoms with Crippen LogP contribution in [0, 0.1) is 62.6 Å². The summed E-state index contributed by atoms with van der Waals surface area (Å²) in [7, 11) is 0. The Bertz CT molecular complexity index is 995. The predicted octanol–water partition coefficient (Wildman–Crippen LogP) is 6.45. The lowest BCUT2D eigenvalue weighted by Gasteiger charge is -2.66. The summed E-state index contributed by atoms with van der Waals surface area (Å²) in [4.78, 5) is 26.8. The molecule has 0 aromatic heterocycles. The minimum absolute atomic E-state index is 0.0182. The van der Waals surface area contributed by atoms with E-state index in [1.807, 2.05) is 19.1 Å². The maximum Gasteiger partial charge on any atom is 0.176 e. The van der Waals surface area contributed by atoms with Gasteiger partial charge < -0.3 is 0 Å². The highest BCUT2D eigenvalue weighted by Crippen LogP contribution is 2.72. The van der Waals surface area contributed by atoms with Gasteiger partial charge in [-0.1, -0.05) is 53.2 Å². The molecule has 172 valence electrons. The quantitative estimate of drug-likeness (QED) is 0.441. The first kappa shape index (κ1) is 22.1.